The fraction of sp³-hybridized carbons (Fsp3) is 0.0566. The smallest absolute Gasteiger partial charge is 0.136 e. The minimum atomic E-state index is -0.179. The Morgan fingerprint density at radius 3 is 1.76 bits per heavy atom. The fourth-order valence-electron chi connectivity index (χ4n) is 9.03. The molecule has 1 heterocycles. The van der Waals surface area contributed by atoms with Gasteiger partial charge in [-0.1, -0.05) is 147 Å². The number of anilines is 3. The van der Waals surface area contributed by atoms with Gasteiger partial charge in [-0.05, 0) is 115 Å². The molecule has 0 fully saturated rings. The molecule has 0 radical (unpaired) electrons. The van der Waals surface area contributed by atoms with Crippen molar-refractivity contribution in [3.8, 4) is 33.4 Å². The maximum absolute atomic E-state index is 6.27. The van der Waals surface area contributed by atoms with Crippen LogP contribution in [-0.2, 0) is 5.41 Å². The Hall–Kier alpha value is -6.90. The predicted octanol–water partition coefficient (Wildman–Crippen LogP) is 15.0. The molecule has 0 N–H and O–H groups in total. The monoisotopic (exact) mass is 703 g/mol. The lowest BCUT2D eigenvalue weighted by Crippen LogP contribution is -2.17. The topological polar surface area (TPSA) is 16.4 Å². The van der Waals surface area contributed by atoms with Crippen molar-refractivity contribution in [1.29, 1.82) is 0 Å². The Balaban J connectivity index is 1.07. The Bertz CT molecular complexity index is 3110. The number of para-hydroxylation sites is 1. The zero-order valence-electron chi connectivity index (χ0n) is 30.8. The van der Waals surface area contributed by atoms with Gasteiger partial charge in [-0.3, -0.25) is 0 Å². The van der Waals surface area contributed by atoms with Crippen LogP contribution >= 0.6 is 0 Å². The van der Waals surface area contributed by atoms with Gasteiger partial charge in [0.05, 0.1) is 5.69 Å². The minimum absolute atomic E-state index is 0.179. The minimum Gasteiger partial charge on any atom is -0.456 e. The molecule has 2 heteroatoms. The van der Waals surface area contributed by atoms with Gasteiger partial charge in [-0.15, -0.1) is 0 Å². The molecule has 9 aromatic carbocycles. The van der Waals surface area contributed by atoms with Gasteiger partial charge in [0, 0.05) is 32.9 Å². The normalized spacial score (nSPS) is 13.1. The third-order valence-electron chi connectivity index (χ3n) is 11.8. The van der Waals surface area contributed by atoms with E-state index in [4.69, 9.17) is 4.42 Å². The first-order valence-corrected chi connectivity index (χ1v) is 19.1. The molecule has 0 amide bonds. The first-order valence-electron chi connectivity index (χ1n) is 19.1. The Morgan fingerprint density at radius 1 is 0.382 bits per heavy atom. The van der Waals surface area contributed by atoms with Gasteiger partial charge >= 0.3 is 0 Å². The van der Waals surface area contributed by atoms with Crippen molar-refractivity contribution in [1.82, 2.24) is 0 Å². The quantitative estimate of drug-likeness (QED) is 0.166. The van der Waals surface area contributed by atoms with E-state index in [0.717, 1.165) is 50.1 Å². The van der Waals surface area contributed by atoms with Crippen molar-refractivity contribution >= 4 is 60.5 Å². The Morgan fingerprint density at radius 2 is 0.945 bits per heavy atom. The van der Waals surface area contributed by atoms with E-state index in [1.807, 2.05) is 12.1 Å². The molecule has 0 saturated carbocycles. The number of fused-ring (bicyclic) bond motifs is 9. The van der Waals surface area contributed by atoms with Gasteiger partial charge in [0.2, 0.25) is 0 Å². The highest BCUT2D eigenvalue weighted by atomic mass is 16.3. The second kappa shape index (κ2) is 12.1. The Labute approximate surface area is 320 Å². The zero-order chi connectivity index (χ0) is 36.7. The molecule has 1 aliphatic carbocycles. The van der Waals surface area contributed by atoms with Crippen molar-refractivity contribution in [2.45, 2.75) is 19.3 Å². The molecule has 11 rings (SSSR count). The third-order valence-corrected chi connectivity index (χ3v) is 11.8. The molecular formula is C53H37NO. The lowest BCUT2D eigenvalue weighted by atomic mass is 9.81. The van der Waals surface area contributed by atoms with Crippen molar-refractivity contribution in [3.05, 3.63) is 199 Å². The summed E-state index contributed by atoms with van der Waals surface area (Å²) in [5.41, 5.74) is 15.2. The predicted molar refractivity (Wildman–Crippen MR) is 232 cm³/mol. The SMILES string of the molecule is CC1(C)c2cc(-c3ccccc3)ccc2-c2ccc(N(c3ccc(-c4ccc5c(c4)oc4ccccc45)cc3)c3cc4ccccc4c4ccccc34)cc21. The van der Waals surface area contributed by atoms with Gasteiger partial charge in [0.25, 0.3) is 0 Å². The van der Waals surface area contributed by atoms with Crippen molar-refractivity contribution < 1.29 is 4.42 Å². The lowest BCUT2D eigenvalue weighted by molar-refractivity contribution is 0.660. The number of nitrogens with zero attached hydrogens (tertiary/aromatic N) is 1. The first kappa shape index (κ1) is 31.6. The van der Waals surface area contributed by atoms with Crippen LogP contribution in [0.3, 0.4) is 0 Å². The summed E-state index contributed by atoms with van der Waals surface area (Å²) in [5, 5.41) is 7.24. The summed E-state index contributed by atoms with van der Waals surface area (Å²) in [6.45, 7) is 4.75. The van der Waals surface area contributed by atoms with Gasteiger partial charge in [-0.2, -0.15) is 0 Å². The fourth-order valence-corrected chi connectivity index (χ4v) is 9.03. The van der Waals surface area contributed by atoms with Crippen molar-refractivity contribution in [3.63, 3.8) is 0 Å². The van der Waals surface area contributed by atoms with Crippen LogP contribution in [0.1, 0.15) is 25.0 Å². The number of furan rings is 1. The van der Waals surface area contributed by atoms with E-state index in [2.05, 4.69) is 195 Å². The van der Waals surface area contributed by atoms with E-state index in [9.17, 15) is 0 Å². The van der Waals surface area contributed by atoms with E-state index < -0.39 is 0 Å². The summed E-state index contributed by atoms with van der Waals surface area (Å²) in [6.07, 6.45) is 0. The van der Waals surface area contributed by atoms with Crippen LogP contribution in [0.4, 0.5) is 17.1 Å². The Kier molecular flexibility index (Phi) is 6.93. The number of hydrogen-bond donors (Lipinski definition) is 0. The molecule has 55 heavy (non-hydrogen) atoms. The van der Waals surface area contributed by atoms with Crippen LogP contribution in [0.5, 0.6) is 0 Å². The highest BCUT2D eigenvalue weighted by Gasteiger charge is 2.36. The van der Waals surface area contributed by atoms with Crippen LogP contribution in [0.25, 0.3) is 76.9 Å². The molecule has 1 aliphatic rings. The number of rotatable bonds is 5. The average Bonchev–Trinajstić information content (AvgIpc) is 3.72. The van der Waals surface area contributed by atoms with E-state index in [-0.39, 0.29) is 5.41 Å². The maximum atomic E-state index is 6.27. The standard InChI is InChI=1S/C53H37NO/c1-53(2)48-30-36(34-12-4-3-5-13-34)22-27-43(48)44-29-26-40(33-49(44)53)54(50-31-38-14-6-7-15-41(38)42-16-8-9-17-45(42)50)39-24-20-35(21-25-39)37-23-28-47-46-18-10-11-19-51(46)55-52(47)32-37/h3-33H,1-2H3. The molecule has 0 bridgehead atoms. The van der Waals surface area contributed by atoms with Crippen LogP contribution in [-0.4, -0.2) is 0 Å². The molecule has 260 valence electrons. The summed E-state index contributed by atoms with van der Waals surface area (Å²) < 4.78 is 6.27. The van der Waals surface area contributed by atoms with E-state index in [1.54, 1.807) is 0 Å². The molecule has 0 atom stereocenters. The molecule has 1 aromatic heterocycles. The van der Waals surface area contributed by atoms with E-state index >= 15 is 0 Å². The second-order valence-corrected chi connectivity index (χ2v) is 15.3. The van der Waals surface area contributed by atoms with Gasteiger partial charge < -0.3 is 9.32 Å². The molecule has 0 aliphatic heterocycles. The van der Waals surface area contributed by atoms with Crippen molar-refractivity contribution in [2.75, 3.05) is 4.90 Å². The van der Waals surface area contributed by atoms with Crippen molar-refractivity contribution in [2.24, 2.45) is 0 Å². The molecule has 2 nitrogen and oxygen atoms in total. The maximum Gasteiger partial charge on any atom is 0.136 e. The van der Waals surface area contributed by atoms with Crippen LogP contribution in [0, 0.1) is 0 Å². The third kappa shape index (κ3) is 4.95. The van der Waals surface area contributed by atoms with Gasteiger partial charge in [0.15, 0.2) is 0 Å². The van der Waals surface area contributed by atoms with Gasteiger partial charge in [0.1, 0.15) is 11.2 Å². The number of hydrogen-bond acceptors (Lipinski definition) is 2. The second-order valence-electron chi connectivity index (χ2n) is 15.3. The highest BCUT2D eigenvalue weighted by Crippen LogP contribution is 2.52. The number of benzene rings is 9. The van der Waals surface area contributed by atoms with E-state index in [1.165, 1.54) is 54.9 Å². The average molecular weight is 704 g/mol. The molecule has 0 unspecified atom stereocenters. The molecule has 10 aromatic rings. The summed E-state index contributed by atoms with van der Waals surface area (Å²) in [7, 11) is 0. The highest BCUT2D eigenvalue weighted by molar-refractivity contribution is 6.14. The van der Waals surface area contributed by atoms with Crippen LogP contribution < -0.4 is 4.90 Å². The lowest BCUT2D eigenvalue weighted by Gasteiger charge is -2.29. The summed E-state index contributed by atoms with van der Waals surface area (Å²) >= 11 is 0. The molecule has 0 spiro atoms. The summed E-state index contributed by atoms with van der Waals surface area (Å²) in [6, 6.07) is 68.5. The largest absolute Gasteiger partial charge is 0.456 e. The van der Waals surface area contributed by atoms with E-state index in [0.29, 0.717) is 0 Å². The van der Waals surface area contributed by atoms with Gasteiger partial charge in [-0.25, -0.2) is 0 Å². The molecular weight excluding hydrogens is 667 g/mol. The van der Waals surface area contributed by atoms with Crippen LogP contribution in [0.2, 0.25) is 0 Å². The summed E-state index contributed by atoms with van der Waals surface area (Å²) in [4.78, 5) is 2.45. The van der Waals surface area contributed by atoms with Crippen LogP contribution in [0.15, 0.2) is 192 Å². The molecule has 0 saturated heterocycles. The zero-order valence-corrected chi connectivity index (χ0v) is 30.8. The summed E-state index contributed by atoms with van der Waals surface area (Å²) in [5.74, 6) is 0. The first-order chi connectivity index (χ1) is 27.0.